The predicted octanol–water partition coefficient (Wildman–Crippen LogP) is 2.56. The fraction of sp³-hybridized carbons (Fsp3) is 0.0833. The molecule has 0 saturated heterocycles. The minimum absolute atomic E-state index is 0.101. The van der Waals surface area contributed by atoms with Gasteiger partial charge >= 0.3 is 5.97 Å². The van der Waals surface area contributed by atoms with Gasteiger partial charge in [-0.05, 0) is 28.1 Å². The average Bonchev–Trinajstić information content (AvgIpc) is 3.01. The van der Waals surface area contributed by atoms with Crippen LogP contribution in [0.25, 0.3) is 16.7 Å². The summed E-state index contributed by atoms with van der Waals surface area (Å²) in [7, 11) is 1.29. The van der Waals surface area contributed by atoms with Crippen LogP contribution in [0, 0.1) is 0 Å². The number of nitrogens with zero attached hydrogens (tertiary/aromatic N) is 3. The molecule has 0 aliphatic carbocycles. The molecule has 0 radical (unpaired) electrons. The van der Waals surface area contributed by atoms with E-state index >= 15 is 0 Å². The number of carbonyl (C=O) groups excluding carboxylic acids is 1. The summed E-state index contributed by atoms with van der Waals surface area (Å²) in [6.07, 6.45) is 0. The second kappa shape index (κ2) is 4.51. The SMILES string of the molecule is COC(=O)c1cc(-n2nnc3ccccc32)c(Br)o1. The lowest BCUT2D eigenvalue weighted by molar-refractivity contribution is 0.0563. The van der Waals surface area contributed by atoms with Crippen molar-refractivity contribution in [1.82, 2.24) is 15.0 Å². The molecule has 6 nitrogen and oxygen atoms in total. The Hall–Kier alpha value is -2.15. The molecule has 0 amide bonds. The molecule has 96 valence electrons. The smallest absolute Gasteiger partial charge is 0.374 e. The van der Waals surface area contributed by atoms with Crippen LogP contribution in [0.15, 0.2) is 39.4 Å². The summed E-state index contributed by atoms with van der Waals surface area (Å²) in [6, 6.07) is 9.06. The molecule has 0 unspecified atom stereocenters. The van der Waals surface area contributed by atoms with Crippen molar-refractivity contribution in [2.75, 3.05) is 7.11 Å². The quantitative estimate of drug-likeness (QED) is 0.678. The summed E-state index contributed by atoms with van der Waals surface area (Å²) in [5, 5.41) is 8.09. The Bertz CT molecular complexity index is 763. The Labute approximate surface area is 116 Å². The fourth-order valence-corrected chi connectivity index (χ4v) is 2.21. The van der Waals surface area contributed by atoms with Crippen molar-refractivity contribution >= 4 is 32.9 Å². The van der Waals surface area contributed by atoms with E-state index in [4.69, 9.17) is 4.42 Å². The van der Waals surface area contributed by atoms with Crippen LogP contribution in [0.3, 0.4) is 0 Å². The van der Waals surface area contributed by atoms with Gasteiger partial charge in [0.25, 0.3) is 0 Å². The first-order valence-corrected chi connectivity index (χ1v) is 6.18. The molecular weight excluding hydrogens is 314 g/mol. The number of furan rings is 1. The van der Waals surface area contributed by atoms with Crippen LogP contribution in [0.4, 0.5) is 0 Å². The van der Waals surface area contributed by atoms with E-state index in [0.29, 0.717) is 10.4 Å². The Morgan fingerprint density at radius 1 is 1.42 bits per heavy atom. The number of rotatable bonds is 2. The van der Waals surface area contributed by atoms with Crippen LogP contribution in [0.5, 0.6) is 0 Å². The highest BCUT2D eigenvalue weighted by Crippen LogP contribution is 2.27. The standard InChI is InChI=1S/C12H8BrN3O3/c1-18-12(17)10-6-9(11(13)19-10)16-8-5-3-2-4-7(8)14-15-16/h2-6H,1H3. The van der Waals surface area contributed by atoms with Crippen LogP contribution in [-0.2, 0) is 4.74 Å². The molecule has 0 N–H and O–H groups in total. The van der Waals surface area contributed by atoms with Crippen molar-refractivity contribution in [3.05, 3.63) is 40.8 Å². The van der Waals surface area contributed by atoms with E-state index < -0.39 is 5.97 Å². The van der Waals surface area contributed by atoms with E-state index in [0.717, 1.165) is 11.0 Å². The minimum Gasteiger partial charge on any atom is -0.463 e. The first-order chi connectivity index (χ1) is 9.20. The molecule has 0 aliphatic heterocycles. The van der Waals surface area contributed by atoms with Gasteiger partial charge in [0.1, 0.15) is 11.2 Å². The highest BCUT2D eigenvalue weighted by atomic mass is 79.9. The normalized spacial score (nSPS) is 10.8. The van der Waals surface area contributed by atoms with Crippen molar-refractivity contribution in [2.24, 2.45) is 0 Å². The Balaban J connectivity index is 2.16. The van der Waals surface area contributed by atoms with E-state index in [1.165, 1.54) is 7.11 Å². The fourth-order valence-electron chi connectivity index (χ4n) is 1.75. The average molecular weight is 322 g/mol. The third-order valence-electron chi connectivity index (χ3n) is 2.64. The zero-order chi connectivity index (χ0) is 13.4. The summed E-state index contributed by atoms with van der Waals surface area (Å²) in [5.74, 6) is -0.444. The summed E-state index contributed by atoms with van der Waals surface area (Å²) < 4.78 is 11.9. The molecule has 1 aromatic carbocycles. The van der Waals surface area contributed by atoms with E-state index in [9.17, 15) is 4.79 Å². The molecule has 2 aromatic heterocycles. The molecule has 0 fully saturated rings. The molecule has 0 bridgehead atoms. The van der Waals surface area contributed by atoms with Crippen LogP contribution < -0.4 is 0 Å². The number of aromatic nitrogens is 3. The molecule has 2 heterocycles. The number of esters is 1. The highest BCUT2D eigenvalue weighted by Gasteiger charge is 2.19. The number of hydrogen-bond acceptors (Lipinski definition) is 5. The number of para-hydroxylation sites is 1. The van der Waals surface area contributed by atoms with Crippen LogP contribution in [-0.4, -0.2) is 28.1 Å². The molecule has 0 aliphatic rings. The molecule has 19 heavy (non-hydrogen) atoms. The molecule has 7 heteroatoms. The monoisotopic (exact) mass is 321 g/mol. The van der Waals surface area contributed by atoms with Gasteiger partial charge in [-0.15, -0.1) is 5.10 Å². The maximum absolute atomic E-state index is 11.4. The van der Waals surface area contributed by atoms with Gasteiger partial charge in [-0.2, -0.15) is 0 Å². The summed E-state index contributed by atoms with van der Waals surface area (Å²) in [6.45, 7) is 0. The first-order valence-electron chi connectivity index (χ1n) is 5.39. The number of halogens is 1. The number of ether oxygens (including phenoxy) is 1. The summed E-state index contributed by atoms with van der Waals surface area (Å²) in [4.78, 5) is 11.4. The topological polar surface area (TPSA) is 70.2 Å². The van der Waals surface area contributed by atoms with Gasteiger partial charge in [-0.1, -0.05) is 17.3 Å². The van der Waals surface area contributed by atoms with Crippen molar-refractivity contribution in [3.8, 4) is 5.69 Å². The Morgan fingerprint density at radius 3 is 3.00 bits per heavy atom. The maximum atomic E-state index is 11.4. The van der Waals surface area contributed by atoms with Gasteiger partial charge in [-0.25, -0.2) is 9.48 Å². The lowest BCUT2D eigenvalue weighted by atomic mass is 10.3. The van der Waals surface area contributed by atoms with Crippen LogP contribution in [0.1, 0.15) is 10.6 Å². The zero-order valence-electron chi connectivity index (χ0n) is 9.83. The van der Waals surface area contributed by atoms with Gasteiger partial charge in [0.15, 0.2) is 4.67 Å². The van der Waals surface area contributed by atoms with Gasteiger partial charge in [0.2, 0.25) is 5.76 Å². The second-order valence-electron chi connectivity index (χ2n) is 3.75. The van der Waals surface area contributed by atoms with Gasteiger partial charge in [0.05, 0.1) is 12.6 Å². The van der Waals surface area contributed by atoms with E-state index in [1.54, 1.807) is 10.7 Å². The lowest BCUT2D eigenvalue weighted by Crippen LogP contribution is -1.99. The molecule has 3 rings (SSSR count). The van der Waals surface area contributed by atoms with Gasteiger partial charge in [0, 0.05) is 6.07 Å². The van der Waals surface area contributed by atoms with Gasteiger partial charge < -0.3 is 9.15 Å². The van der Waals surface area contributed by atoms with Crippen LogP contribution in [0.2, 0.25) is 0 Å². The molecule has 3 aromatic rings. The van der Waals surface area contributed by atoms with Crippen LogP contribution >= 0.6 is 15.9 Å². The molecule has 0 spiro atoms. The number of benzene rings is 1. The third-order valence-corrected chi connectivity index (χ3v) is 3.20. The van der Waals surface area contributed by atoms with E-state index in [1.807, 2.05) is 24.3 Å². The van der Waals surface area contributed by atoms with Crippen molar-refractivity contribution in [1.29, 1.82) is 0 Å². The first kappa shape index (κ1) is 11.9. The number of fused-ring (bicyclic) bond motifs is 1. The third kappa shape index (κ3) is 1.91. The molecular formula is C12H8BrN3O3. The summed E-state index contributed by atoms with van der Waals surface area (Å²) >= 11 is 3.26. The number of carbonyl (C=O) groups is 1. The number of methoxy groups -OCH3 is 1. The van der Waals surface area contributed by atoms with Crippen molar-refractivity contribution in [3.63, 3.8) is 0 Å². The number of hydrogen-bond donors (Lipinski definition) is 0. The molecule has 0 saturated carbocycles. The van der Waals surface area contributed by atoms with Gasteiger partial charge in [-0.3, -0.25) is 0 Å². The van der Waals surface area contributed by atoms with E-state index in [2.05, 4.69) is 31.0 Å². The predicted molar refractivity (Wildman–Crippen MR) is 70.2 cm³/mol. The molecule has 0 atom stereocenters. The summed E-state index contributed by atoms with van der Waals surface area (Å²) in [5.41, 5.74) is 2.17. The zero-order valence-corrected chi connectivity index (χ0v) is 11.4. The van der Waals surface area contributed by atoms with Crippen molar-refractivity contribution < 1.29 is 13.9 Å². The second-order valence-corrected chi connectivity index (χ2v) is 4.47. The minimum atomic E-state index is -0.545. The largest absolute Gasteiger partial charge is 0.463 e. The Morgan fingerprint density at radius 2 is 2.21 bits per heavy atom. The van der Waals surface area contributed by atoms with E-state index in [-0.39, 0.29) is 5.76 Å². The lowest BCUT2D eigenvalue weighted by Gasteiger charge is -1.97. The maximum Gasteiger partial charge on any atom is 0.374 e. The van der Waals surface area contributed by atoms with Crippen molar-refractivity contribution in [2.45, 2.75) is 0 Å². The Kier molecular flexibility index (Phi) is 2.83. The highest BCUT2D eigenvalue weighted by molar-refractivity contribution is 9.10.